The van der Waals surface area contributed by atoms with Crippen LogP contribution in [0.5, 0.6) is 5.75 Å². The van der Waals surface area contributed by atoms with Crippen molar-refractivity contribution in [2.24, 2.45) is 0 Å². The van der Waals surface area contributed by atoms with Gasteiger partial charge >= 0.3 is 0 Å². The first-order valence-corrected chi connectivity index (χ1v) is 11.1. The van der Waals surface area contributed by atoms with E-state index in [1.807, 2.05) is 11.8 Å². The van der Waals surface area contributed by atoms with E-state index in [4.69, 9.17) is 4.74 Å². The Balaban J connectivity index is 1.51. The van der Waals surface area contributed by atoms with Crippen LogP contribution < -0.4 is 4.74 Å². The van der Waals surface area contributed by atoms with E-state index in [-0.39, 0.29) is 12.4 Å². The Hall–Kier alpha value is -2.00. The van der Waals surface area contributed by atoms with Gasteiger partial charge in [-0.05, 0) is 56.3 Å². The van der Waals surface area contributed by atoms with Gasteiger partial charge in [-0.15, -0.1) is 0 Å². The topological polar surface area (TPSA) is 70.1 Å². The Morgan fingerprint density at radius 3 is 2.41 bits per heavy atom. The fraction of sp³-hybridized carbons (Fsp3) is 0.429. The van der Waals surface area contributed by atoms with Gasteiger partial charge in [0, 0.05) is 26.2 Å². The molecule has 1 N–H and O–H groups in total. The Kier molecular flexibility index (Phi) is 7.23. The first-order chi connectivity index (χ1) is 13.8. The molecule has 2 aromatic rings. The largest absolute Gasteiger partial charge is 0.491 e. The van der Waals surface area contributed by atoms with Gasteiger partial charge in [0.1, 0.15) is 24.3 Å². The van der Waals surface area contributed by atoms with Gasteiger partial charge in [-0.25, -0.2) is 12.8 Å². The van der Waals surface area contributed by atoms with Gasteiger partial charge in [-0.1, -0.05) is 17.7 Å². The maximum atomic E-state index is 12.9. The number of ether oxygens (including phenoxy) is 1. The molecule has 1 aliphatic rings. The third-order valence-electron chi connectivity index (χ3n) is 4.93. The fourth-order valence-corrected chi connectivity index (χ4v) is 4.77. The van der Waals surface area contributed by atoms with Crippen LogP contribution in [0.15, 0.2) is 53.4 Å². The van der Waals surface area contributed by atoms with E-state index in [0.717, 1.165) is 5.56 Å². The van der Waals surface area contributed by atoms with Crippen LogP contribution in [0.3, 0.4) is 0 Å². The Morgan fingerprint density at radius 2 is 1.72 bits per heavy atom. The number of aryl methyl sites for hydroxylation is 1. The predicted molar refractivity (Wildman–Crippen MR) is 109 cm³/mol. The minimum Gasteiger partial charge on any atom is -0.491 e. The second-order valence-electron chi connectivity index (χ2n) is 7.29. The van der Waals surface area contributed by atoms with Gasteiger partial charge in [0.15, 0.2) is 0 Å². The Labute approximate surface area is 171 Å². The highest BCUT2D eigenvalue weighted by Crippen LogP contribution is 2.18. The number of halogens is 1. The monoisotopic (exact) mass is 422 g/mol. The van der Waals surface area contributed by atoms with E-state index < -0.39 is 16.1 Å². The number of hydrogen-bond donors (Lipinski definition) is 1. The van der Waals surface area contributed by atoms with E-state index in [0.29, 0.717) is 49.8 Å². The zero-order valence-electron chi connectivity index (χ0n) is 16.5. The van der Waals surface area contributed by atoms with Crippen LogP contribution in [0.2, 0.25) is 0 Å². The summed E-state index contributed by atoms with van der Waals surface area (Å²) in [6.07, 6.45) is -0.0308. The van der Waals surface area contributed by atoms with E-state index in [2.05, 4.69) is 0 Å². The third kappa shape index (κ3) is 5.99. The number of aliphatic hydroxyl groups excluding tert-OH is 1. The second kappa shape index (κ2) is 9.67. The molecule has 2 aromatic carbocycles. The van der Waals surface area contributed by atoms with Gasteiger partial charge in [-0.2, -0.15) is 4.31 Å². The van der Waals surface area contributed by atoms with Crippen molar-refractivity contribution >= 4 is 10.0 Å². The zero-order valence-corrected chi connectivity index (χ0v) is 17.3. The van der Waals surface area contributed by atoms with Crippen molar-refractivity contribution in [3.05, 3.63) is 59.9 Å². The molecule has 1 unspecified atom stereocenters. The van der Waals surface area contributed by atoms with Crippen LogP contribution in [0.1, 0.15) is 12.0 Å². The van der Waals surface area contributed by atoms with Crippen molar-refractivity contribution in [3.8, 4) is 5.75 Å². The number of benzene rings is 2. The lowest BCUT2D eigenvalue weighted by Crippen LogP contribution is -2.39. The van der Waals surface area contributed by atoms with Gasteiger partial charge in [0.2, 0.25) is 10.0 Å². The highest BCUT2D eigenvalue weighted by molar-refractivity contribution is 7.89. The summed E-state index contributed by atoms with van der Waals surface area (Å²) in [7, 11) is -3.51. The van der Waals surface area contributed by atoms with Crippen molar-refractivity contribution in [1.29, 1.82) is 0 Å². The number of rotatable bonds is 7. The summed E-state index contributed by atoms with van der Waals surface area (Å²) >= 11 is 0. The molecule has 1 fully saturated rings. The predicted octanol–water partition coefficient (Wildman–Crippen LogP) is 2.27. The Bertz CT molecular complexity index is 888. The van der Waals surface area contributed by atoms with Crippen LogP contribution in [-0.4, -0.2) is 68.2 Å². The van der Waals surface area contributed by atoms with E-state index in [1.54, 1.807) is 24.3 Å². The quantitative estimate of drug-likeness (QED) is 0.741. The smallest absolute Gasteiger partial charge is 0.243 e. The highest BCUT2D eigenvalue weighted by Gasteiger charge is 2.27. The van der Waals surface area contributed by atoms with Crippen LogP contribution in [-0.2, 0) is 10.0 Å². The van der Waals surface area contributed by atoms with E-state index >= 15 is 0 Å². The fourth-order valence-electron chi connectivity index (χ4n) is 3.30. The summed E-state index contributed by atoms with van der Waals surface area (Å²) in [5.41, 5.74) is 1.02. The Morgan fingerprint density at radius 1 is 1.03 bits per heavy atom. The first-order valence-electron chi connectivity index (χ1n) is 9.70. The normalized spacial score (nSPS) is 17.6. The maximum Gasteiger partial charge on any atom is 0.243 e. The lowest BCUT2D eigenvalue weighted by Gasteiger charge is -2.24. The van der Waals surface area contributed by atoms with Crippen LogP contribution in [0.4, 0.5) is 4.39 Å². The van der Waals surface area contributed by atoms with Gasteiger partial charge in [-0.3, -0.25) is 4.90 Å². The summed E-state index contributed by atoms with van der Waals surface area (Å²) in [4.78, 5) is 2.35. The number of aliphatic hydroxyl groups is 1. The molecule has 1 atom stereocenters. The molecule has 0 amide bonds. The maximum absolute atomic E-state index is 12.9. The molecule has 0 aliphatic carbocycles. The number of β-amino-alcohol motifs (C(OH)–C–C–N with tert-alkyl or cyclic N) is 1. The van der Waals surface area contributed by atoms with Crippen molar-refractivity contribution in [3.63, 3.8) is 0 Å². The lowest BCUT2D eigenvalue weighted by molar-refractivity contribution is 0.0699. The number of sulfonamides is 1. The molecule has 1 aliphatic heterocycles. The molecule has 29 heavy (non-hydrogen) atoms. The molecule has 0 bridgehead atoms. The van der Waals surface area contributed by atoms with Crippen molar-refractivity contribution in [1.82, 2.24) is 9.21 Å². The first kappa shape index (κ1) is 21.7. The van der Waals surface area contributed by atoms with Crippen molar-refractivity contribution < 1.29 is 22.7 Å². The number of hydrogen-bond acceptors (Lipinski definition) is 5. The molecule has 1 heterocycles. The average molecular weight is 423 g/mol. The molecular weight excluding hydrogens is 395 g/mol. The molecule has 8 heteroatoms. The molecular formula is C21H27FN2O4S. The van der Waals surface area contributed by atoms with Gasteiger partial charge < -0.3 is 9.84 Å². The SMILES string of the molecule is Cc1ccc(S(=O)(=O)N2CCCN(CC(O)COc3ccc(F)cc3)CC2)cc1. The van der Waals surface area contributed by atoms with Crippen molar-refractivity contribution in [2.75, 3.05) is 39.3 Å². The second-order valence-corrected chi connectivity index (χ2v) is 9.23. The molecule has 3 rings (SSSR count). The lowest BCUT2D eigenvalue weighted by atomic mass is 10.2. The standard InChI is InChI=1S/C21H27FN2O4S/c1-17-3-9-21(10-4-17)29(26,27)24-12-2-11-23(13-14-24)15-19(25)16-28-20-7-5-18(22)6-8-20/h3-10,19,25H,2,11-16H2,1H3. The summed E-state index contributed by atoms with van der Waals surface area (Å²) in [6.45, 7) is 4.47. The summed E-state index contributed by atoms with van der Waals surface area (Å²) in [5, 5.41) is 10.3. The highest BCUT2D eigenvalue weighted by atomic mass is 32.2. The molecule has 0 aromatic heterocycles. The van der Waals surface area contributed by atoms with Crippen LogP contribution >= 0.6 is 0 Å². The molecule has 0 spiro atoms. The molecule has 0 radical (unpaired) electrons. The zero-order chi connectivity index (χ0) is 20.9. The van der Waals surface area contributed by atoms with Gasteiger partial charge in [0.05, 0.1) is 4.90 Å². The summed E-state index contributed by atoms with van der Waals surface area (Å²) in [6, 6.07) is 12.5. The van der Waals surface area contributed by atoms with Crippen LogP contribution in [0.25, 0.3) is 0 Å². The molecule has 6 nitrogen and oxygen atoms in total. The van der Waals surface area contributed by atoms with Crippen molar-refractivity contribution in [2.45, 2.75) is 24.3 Å². The van der Waals surface area contributed by atoms with Gasteiger partial charge in [0.25, 0.3) is 0 Å². The van der Waals surface area contributed by atoms with E-state index in [1.165, 1.54) is 28.6 Å². The summed E-state index contributed by atoms with van der Waals surface area (Å²) < 4.78 is 45.7. The van der Waals surface area contributed by atoms with Crippen LogP contribution in [0, 0.1) is 12.7 Å². The summed E-state index contributed by atoms with van der Waals surface area (Å²) in [5.74, 6) is 0.157. The third-order valence-corrected chi connectivity index (χ3v) is 6.84. The minimum absolute atomic E-state index is 0.0908. The minimum atomic E-state index is -3.51. The number of nitrogens with zero attached hydrogens (tertiary/aromatic N) is 2. The van der Waals surface area contributed by atoms with E-state index in [9.17, 15) is 17.9 Å². The molecule has 0 saturated carbocycles. The average Bonchev–Trinajstić information content (AvgIpc) is 2.94. The molecule has 1 saturated heterocycles. The molecule has 158 valence electrons.